The average molecular weight is 246 g/mol. The standard InChI is InChI=1S/C14H20N4.H2/c1-5-10(3)13(15-6-2)12-7-11(4)14-16-9-17-18(14)8-12;/h7-9,15H,5-6H2,1-4H3;1H/b13-10+;. The molecule has 0 bridgehead atoms. The zero-order valence-electron chi connectivity index (χ0n) is 11.5. The maximum Gasteiger partial charge on any atom is 0.158 e. The van der Waals surface area contributed by atoms with Gasteiger partial charge in [0.1, 0.15) is 6.33 Å². The van der Waals surface area contributed by atoms with Crippen molar-refractivity contribution in [2.45, 2.75) is 34.1 Å². The molecular formula is C14H22N4. The van der Waals surface area contributed by atoms with Crippen LogP contribution in [0.1, 0.15) is 39.7 Å². The summed E-state index contributed by atoms with van der Waals surface area (Å²) >= 11 is 0. The van der Waals surface area contributed by atoms with Crippen LogP contribution in [0.25, 0.3) is 11.3 Å². The molecule has 0 spiro atoms. The Hall–Kier alpha value is -1.84. The van der Waals surface area contributed by atoms with Crippen LogP contribution in [0.4, 0.5) is 0 Å². The van der Waals surface area contributed by atoms with E-state index in [1.165, 1.54) is 16.8 Å². The molecule has 0 fully saturated rings. The molecule has 18 heavy (non-hydrogen) atoms. The molecule has 2 aromatic rings. The lowest BCUT2D eigenvalue weighted by Crippen LogP contribution is -2.13. The summed E-state index contributed by atoms with van der Waals surface area (Å²) < 4.78 is 1.84. The third-order valence-electron chi connectivity index (χ3n) is 3.16. The summed E-state index contributed by atoms with van der Waals surface area (Å²) in [6.45, 7) is 9.44. The van der Waals surface area contributed by atoms with Gasteiger partial charge in [0.2, 0.25) is 0 Å². The van der Waals surface area contributed by atoms with Gasteiger partial charge >= 0.3 is 0 Å². The Bertz CT molecular complexity index is 586. The summed E-state index contributed by atoms with van der Waals surface area (Å²) in [5.74, 6) is 0. The monoisotopic (exact) mass is 246 g/mol. The van der Waals surface area contributed by atoms with Crippen LogP contribution >= 0.6 is 0 Å². The number of aromatic nitrogens is 3. The van der Waals surface area contributed by atoms with Crippen molar-refractivity contribution in [3.05, 3.63) is 35.3 Å². The first kappa shape index (κ1) is 12.6. The van der Waals surface area contributed by atoms with E-state index >= 15 is 0 Å². The van der Waals surface area contributed by atoms with E-state index < -0.39 is 0 Å². The fraction of sp³-hybridized carbons (Fsp3) is 0.429. The minimum atomic E-state index is 0. The Labute approximate surface area is 109 Å². The highest BCUT2D eigenvalue weighted by Gasteiger charge is 2.08. The molecule has 0 radical (unpaired) electrons. The van der Waals surface area contributed by atoms with E-state index in [0.29, 0.717) is 0 Å². The van der Waals surface area contributed by atoms with Crippen LogP contribution in [-0.4, -0.2) is 21.1 Å². The minimum Gasteiger partial charge on any atom is -0.385 e. The van der Waals surface area contributed by atoms with Gasteiger partial charge in [0.15, 0.2) is 5.65 Å². The topological polar surface area (TPSA) is 42.2 Å². The summed E-state index contributed by atoms with van der Waals surface area (Å²) in [5, 5.41) is 7.67. The van der Waals surface area contributed by atoms with Gasteiger partial charge in [0.25, 0.3) is 0 Å². The second-order valence-electron chi connectivity index (χ2n) is 4.48. The summed E-state index contributed by atoms with van der Waals surface area (Å²) in [7, 11) is 0. The maximum absolute atomic E-state index is 4.25. The van der Waals surface area contributed by atoms with Gasteiger partial charge in [0.05, 0.1) is 0 Å². The predicted octanol–water partition coefficient (Wildman–Crippen LogP) is 3.03. The lowest BCUT2D eigenvalue weighted by molar-refractivity contribution is 0.902. The smallest absolute Gasteiger partial charge is 0.158 e. The van der Waals surface area contributed by atoms with Gasteiger partial charge < -0.3 is 5.32 Å². The van der Waals surface area contributed by atoms with E-state index in [2.05, 4.69) is 49.2 Å². The molecule has 0 saturated carbocycles. The van der Waals surface area contributed by atoms with Crippen LogP contribution in [0, 0.1) is 6.92 Å². The number of pyridine rings is 1. The van der Waals surface area contributed by atoms with Crippen molar-refractivity contribution in [2.75, 3.05) is 6.54 Å². The van der Waals surface area contributed by atoms with Crippen molar-refractivity contribution in [2.24, 2.45) is 0 Å². The first-order chi connectivity index (χ1) is 8.67. The first-order valence-electron chi connectivity index (χ1n) is 6.41. The normalized spacial score (nSPS) is 12.7. The molecule has 2 heterocycles. The summed E-state index contributed by atoms with van der Waals surface area (Å²) in [6.07, 6.45) is 4.67. The molecule has 0 saturated heterocycles. The third-order valence-corrected chi connectivity index (χ3v) is 3.16. The Balaban J connectivity index is 0.00000180. The molecule has 2 aromatic heterocycles. The largest absolute Gasteiger partial charge is 0.385 e. The Morgan fingerprint density at radius 1 is 1.44 bits per heavy atom. The van der Waals surface area contributed by atoms with Gasteiger partial charge in [-0.15, -0.1) is 0 Å². The second kappa shape index (κ2) is 5.21. The lowest BCUT2D eigenvalue weighted by atomic mass is 10.1. The third kappa shape index (κ3) is 2.23. The van der Waals surface area contributed by atoms with Crippen LogP contribution < -0.4 is 5.32 Å². The highest BCUT2D eigenvalue weighted by Crippen LogP contribution is 2.20. The Morgan fingerprint density at radius 2 is 2.22 bits per heavy atom. The minimum absolute atomic E-state index is 0. The number of hydrogen-bond acceptors (Lipinski definition) is 3. The maximum atomic E-state index is 4.25. The number of nitrogens with zero attached hydrogens (tertiary/aromatic N) is 3. The van der Waals surface area contributed by atoms with E-state index in [9.17, 15) is 0 Å². The number of fused-ring (bicyclic) bond motifs is 1. The highest BCUT2D eigenvalue weighted by atomic mass is 15.3. The molecule has 0 unspecified atom stereocenters. The van der Waals surface area contributed by atoms with Crippen LogP contribution in [0.5, 0.6) is 0 Å². The number of nitrogens with one attached hydrogen (secondary N) is 1. The molecule has 0 aromatic carbocycles. The van der Waals surface area contributed by atoms with Gasteiger partial charge in [-0.3, -0.25) is 0 Å². The van der Waals surface area contributed by atoms with Crippen LogP contribution in [-0.2, 0) is 0 Å². The number of allylic oxidation sites excluding steroid dienone is 1. The van der Waals surface area contributed by atoms with Crippen LogP contribution in [0.3, 0.4) is 0 Å². The van der Waals surface area contributed by atoms with Crippen molar-refractivity contribution in [1.82, 2.24) is 19.9 Å². The van der Waals surface area contributed by atoms with Gasteiger partial charge in [0, 0.05) is 25.4 Å². The highest BCUT2D eigenvalue weighted by molar-refractivity contribution is 5.68. The zero-order chi connectivity index (χ0) is 13.1. The van der Waals surface area contributed by atoms with Crippen molar-refractivity contribution >= 4 is 11.3 Å². The quantitative estimate of drug-likeness (QED) is 0.901. The first-order valence-corrected chi connectivity index (χ1v) is 6.41. The molecular weight excluding hydrogens is 224 g/mol. The molecule has 0 amide bonds. The predicted molar refractivity (Wildman–Crippen MR) is 76.4 cm³/mol. The van der Waals surface area contributed by atoms with E-state index in [4.69, 9.17) is 0 Å². The van der Waals surface area contributed by atoms with Gasteiger partial charge in [-0.1, -0.05) is 6.92 Å². The second-order valence-corrected chi connectivity index (χ2v) is 4.48. The van der Waals surface area contributed by atoms with E-state index in [1.807, 2.05) is 10.7 Å². The van der Waals surface area contributed by atoms with E-state index in [0.717, 1.165) is 24.2 Å². The molecule has 2 rings (SSSR count). The molecule has 0 atom stereocenters. The average Bonchev–Trinajstić information content (AvgIpc) is 2.83. The molecule has 0 aliphatic carbocycles. The molecule has 0 aliphatic heterocycles. The van der Waals surface area contributed by atoms with Crippen molar-refractivity contribution in [3.63, 3.8) is 0 Å². The molecule has 4 nitrogen and oxygen atoms in total. The Kier molecular flexibility index (Phi) is 3.65. The number of aryl methyl sites for hydroxylation is 1. The molecule has 0 aliphatic rings. The molecule has 1 N–H and O–H groups in total. The fourth-order valence-electron chi connectivity index (χ4n) is 2.08. The SMILES string of the molecule is CCN/C(=C(\C)CC)c1cc(C)c2ncnn2c1.[HH]. The summed E-state index contributed by atoms with van der Waals surface area (Å²) in [6, 6.07) is 2.17. The number of rotatable bonds is 4. The Morgan fingerprint density at radius 3 is 2.89 bits per heavy atom. The lowest BCUT2D eigenvalue weighted by Gasteiger charge is -2.14. The van der Waals surface area contributed by atoms with Gasteiger partial charge in [-0.25, -0.2) is 9.50 Å². The van der Waals surface area contributed by atoms with Gasteiger partial charge in [-0.2, -0.15) is 5.10 Å². The van der Waals surface area contributed by atoms with E-state index in [-0.39, 0.29) is 1.43 Å². The molecule has 98 valence electrons. The van der Waals surface area contributed by atoms with Crippen LogP contribution in [0.15, 0.2) is 24.2 Å². The summed E-state index contributed by atoms with van der Waals surface area (Å²) in [4.78, 5) is 4.25. The van der Waals surface area contributed by atoms with Crippen molar-refractivity contribution < 1.29 is 1.43 Å². The van der Waals surface area contributed by atoms with E-state index in [1.54, 1.807) is 6.33 Å². The summed E-state index contributed by atoms with van der Waals surface area (Å²) in [5.41, 5.74) is 5.80. The van der Waals surface area contributed by atoms with Crippen molar-refractivity contribution in [3.8, 4) is 0 Å². The zero-order valence-corrected chi connectivity index (χ0v) is 11.5. The number of hydrogen-bond donors (Lipinski definition) is 1. The van der Waals surface area contributed by atoms with Crippen molar-refractivity contribution in [1.29, 1.82) is 0 Å². The fourth-order valence-corrected chi connectivity index (χ4v) is 2.08. The van der Waals surface area contributed by atoms with Gasteiger partial charge in [-0.05, 0) is 44.4 Å². The molecule has 4 heteroatoms. The van der Waals surface area contributed by atoms with Crippen LogP contribution in [0.2, 0.25) is 0 Å².